The highest BCUT2D eigenvalue weighted by Crippen LogP contribution is 2.23. The van der Waals surface area contributed by atoms with Gasteiger partial charge in [0.15, 0.2) is 11.7 Å². The fraction of sp³-hybridized carbons (Fsp3) is 0.0833. The van der Waals surface area contributed by atoms with E-state index < -0.39 is 35.6 Å². The van der Waals surface area contributed by atoms with Crippen molar-refractivity contribution in [1.82, 2.24) is 10.7 Å². The van der Waals surface area contributed by atoms with Crippen LogP contribution >= 0.6 is 0 Å². The standard InChI is InChI=1S/C24H19N5O7/c1-35-17-10-8-16(9-11-17)29-23(33)18(21(31)27-24(29)34)13-25-28-20(30)14-4-6-15(7-5-14)26-22(32)19-3-2-12-36-19/h2-13,18H,1H3,(H,26,32)(H,28,30)(H,27,31,34)/b25-13-/t18-/m0/s1. The van der Waals surface area contributed by atoms with Gasteiger partial charge in [0.05, 0.1) is 19.1 Å². The van der Waals surface area contributed by atoms with Gasteiger partial charge in [-0.2, -0.15) is 5.10 Å². The summed E-state index contributed by atoms with van der Waals surface area (Å²) >= 11 is 0. The summed E-state index contributed by atoms with van der Waals surface area (Å²) in [5, 5.41) is 8.42. The molecule has 1 fully saturated rings. The summed E-state index contributed by atoms with van der Waals surface area (Å²) in [7, 11) is 1.47. The lowest BCUT2D eigenvalue weighted by Crippen LogP contribution is -2.58. The molecule has 12 heteroatoms. The van der Waals surface area contributed by atoms with Gasteiger partial charge < -0.3 is 14.5 Å². The molecule has 4 rings (SSSR count). The van der Waals surface area contributed by atoms with Crippen molar-refractivity contribution in [3.63, 3.8) is 0 Å². The number of urea groups is 1. The summed E-state index contributed by atoms with van der Waals surface area (Å²) < 4.78 is 10.1. The van der Waals surface area contributed by atoms with Crippen LogP contribution in [0.5, 0.6) is 5.75 Å². The van der Waals surface area contributed by atoms with Gasteiger partial charge in [-0.1, -0.05) is 0 Å². The number of imide groups is 2. The third-order valence-corrected chi connectivity index (χ3v) is 5.07. The minimum Gasteiger partial charge on any atom is -0.497 e. The van der Waals surface area contributed by atoms with Gasteiger partial charge >= 0.3 is 6.03 Å². The maximum Gasteiger partial charge on any atom is 0.335 e. The molecule has 3 N–H and O–H groups in total. The van der Waals surface area contributed by atoms with E-state index in [-0.39, 0.29) is 17.0 Å². The molecule has 12 nitrogen and oxygen atoms in total. The number of methoxy groups -OCH3 is 1. The molecule has 1 saturated heterocycles. The first-order valence-electron chi connectivity index (χ1n) is 10.5. The number of benzene rings is 2. The number of anilines is 2. The second kappa shape index (κ2) is 10.3. The molecule has 1 aliphatic heterocycles. The predicted molar refractivity (Wildman–Crippen MR) is 127 cm³/mol. The van der Waals surface area contributed by atoms with Crippen LogP contribution in [0.25, 0.3) is 0 Å². The van der Waals surface area contributed by atoms with Crippen LogP contribution in [0.15, 0.2) is 76.4 Å². The Balaban J connectivity index is 1.38. The van der Waals surface area contributed by atoms with Crippen LogP contribution in [0.3, 0.4) is 0 Å². The van der Waals surface area contributed by atoms with Crippen LogP contribution in [0.1, 0.15) is 20.9 Å². The highest BCUT2D eigenvalue weighted by molar-refractivity contribution is 6.32. The zero-order valence-corrected chi connectivity index (χ0v) is 18.8. The molecule has 1 aromatic heterocycles. The molecule has 36 heavy (non-hydrogen) atoms. The first kappa shape index (κ1) is 23.9. The number of hydrogen-bond donors (Lipinski definition) is 3. The monoisotopic (exact) mass is 489 g/mol. The third-order valence-electron chi connectivity index (χ3n) is 5.07. The molecule has 0 spiro atoms. The Labute approximate surface area is 203 Å². The highest BCUT2D eigenvalue weighted by atomic mass is 16.5. The van der Waals surface area contributed by atoms with E-state index in [0.717, 1.165) is 11.1 Å². The molecule has 6 amide bonds. The van der Waals surface area contributed by atoms with E-state index in [1.165, 1.54) is 55.8 Å². The number of barbiturate groups is 1. The Hall–Kier alpha value is -5.26. The summed E-state index contributed by atoms with van der Waals surface area (Å²) in [5.41, 5.74) is 3.10. The predicted octanol–water partition coefficient (Wildman–Crippen LogP) is 2.16. The van der Waals surface area contributed by atoms with Gasteiger partial charge in [0.1, 0.15) is 5.75 Å². The Morgan fingerprint density at radius 3 is 2.39 bits per heavy atom. The van der Waals surface area contributed by atoms with Gasteiger partial charge in [-0.3, -0.25) is 24.5 Å². The SMILES string of the molecule is COc1ccc(N2C(=O)NC(=O)[C@H](/C=N\NC(=O)c3ccc(NC(=O)c4ccco4)cc3)C2=O)cc1. The number of nitrogens with zero attached hydrogens (tertiary/aromatic N) is 2. The molecular weight excluding hydrogens is 470 g/mol. The number of amides is 6. The number of carbonyl (C=O) groups is 5. The summed E-state index contributed by atoms with van der Waals surface area (Å²) in [4.78, 5) is 62.5. The van der Waals surface area contributed by atoms with Crippen molar-refractivity contribution in [3.8, 4) is 5.75 Å². The van der Waals surface area contributed by atoms with Gasteiger partial charge in [0.25, 0.3) is 17.7 Å². The normalized spacial score (nSPS) is 15.5. The zero-order chi connectivity index (χ0) is 25.7. The van der Waals surface area contributed by atoms with Crippen LogP contribution in [-0.2, 0) is 9.59 Å². The van der Waals surface area contributed by atoms with E-state index in [1.54, 1.807) is 18.2 Å². The molecule has 0 aliphatic carbocycles. The van der Waals surface area contributed by atoms with E-state index in [9.17, 15) is 24.0 Å². The number of furan rings is 1. The Bertz CT molecular complexity index is 1330. The second-order valence-corrected chi connectivity index (χ2v) is 7.37. The van der Waals surface area contributed by atoms with Crippen molar-refractivity contribution in [3.05, 3.63) is 78.3 Å². The van der Waals surface area contributed by atoms with Crippen molar-refractivity contribution in [2.75, 3.05) is 17.3 Å². The Kier molecular flexibility index (Phi) is 6.86. The topological polar surface area (TPSA) is 159 Å². The van der Waals surface area contributed by atoms with Gasteiger partial charge in [0.2, 0.25) is 5.91 Å². The second-order valence-electron chi connectivity index (χ2n) is 7.37. The number of nitrogens with one attached hydrogen (secondary N) is 3. The third kappa shape index (κ3) is 5.12. The van der Waals surface area contributed by atoms with Crippen molar-refractivity contribution >= 4 is 47.2 Å². The average molecular weight is 489 g/mol. The molecule has 2 aromatic carbocycles. The molecule has 0 radical (unpaired) electrons. The molecule has 2 heterocycles. The maximum atomic E-state index is 12.8. The van der Waals surface area contributed by atoms with E-state index in [2.05, 4.69) is 21.2 Å². The molecule has 182 valence electrons. The molecule has 1 aliphatic rings. The molecule has 0 saturated carbocycles. The Morgan fingerprint density at radius 1 is 1.03 bits per heavy atom. The minimum absolute atomic E-state index is 0.139. The molecular formula is C24H19N5O7. The van der Waals surface area contributed by atoms with Crippen molar-refractivity contribution in [2.45, 2.75) is 0 Å². The lowest BCUT2D eigenvalue weighted by molar-refractivity contribution is -0.131. The first-order chi connectivity index (χ1) is 17.4. The van der Waals surface area contributed by atoms with Crippen LogP contribution < -0.4 is 25.7 Å². The average Bonchev–Trinajstić information content (AvgIpc) is 3.42. The summed E-state index contributed by atoms with van der Waals surface area (Å²) in [5.74, 6) is -3.55. The first-order valence-corrected chi connectivity index (χ1v) is 10.5. The Morgan fingerprint density at radius 2 is 1.75 bits per heavy atom. The van der Waals surface area contributed by atoms with Crippen LogP contribution in [0.2, 0.25) is 0 Å². The summed E-state index contributed by atoms with van der Waals surface area (Å²) in [6.45, 7) is 0. The van der Waals surface area contributed by atoms with E-state index >= 15 is 0 Å². The van der Waals surface area contributed by atoms with Crippen LogP contribution in [-0.4, -0.2) is 43.0 Å². The zero-order valence-electron chi connectivity index (χ0n) is 18.8. The maximum absolute atomic E-state index is 12.8. The van der Waals surface area contributed by atoms with Gasteiger partial charge in [0, 0.05) is 17.5 Å². The van der Waals surface area contributed by atoms with E-state index in [1.807, 2.05) is 0 Å². The molecule has 0 unspecified atom stereocenters. The molecule has 0 bridgehead atoms. The van der Waals surface area contributed by atoms with Crippen molar-refractivity contribution in [1.29, 1.82) is 0 Å². The van der Waals surface area contributed by atoms with Crippen LogP contribution in [0.4, 0.5) is 16.2 Å². The van der Waals surface area contributed by atoms with Crippen molar-refractivity contribution in [2.24, 2.45) is 11.0 Å². The van der Waals surface area contributed by atoms with E-state index in [4.69, 9.17) is 9.15 Å². The van der Waals surface area contributed by atoms with Gasteiger partial charge in [-0.15, -0.1) is 0 Å². The summed E-state index contributed by atoms with van der Waals surface area (Å²) in [6.07, 6.45) is 2.32. The number of hydrogen-bond acceptors (Lipinski definition) is 8. The molecule has 3 aromatic rings. The van der Waals surface area contributed by atoms with Gasteiger partial charge in [-0.25, -0.2) is 15.1 Å². The summed E-state index contributed by atoms with van der Waals surface area (Å²) in [6, 6.07) is 14.2. The number of carbonyl (C=O) groups excluding carboxylic acids is 5. The van der Waals surface area contributed by atoms with Gasteiger partial charge in [-0.05, 0) is 60.7 Å². The quantitative estimate of drug-likeness (QED) is 0.260. The fourth-order valence-corrected chi connectivity index (χ4v) is 3.24. The molecule has 1 atom stereocenters. The number of ether oxygens (including phenoxy) is 1. The number of rotatable bonds is 7. The largest absolute Gasteiger partial charge is 0.497 e. The lowest BCUT2D eigenvalue weighted by atomic mass is 10.1. The van der Waals surface area contributed by atoms with Crippen molar-refractivity contribution < 1.29 is 33.1 Å². The number of hydrazone groups is 1. The minimum atomic E-state index is -1.44. The van der Waals surface area contributed by atoms with Crippen LogP contribution in [0, 0.1) is 5.92 Å². The smallest absolute Gasteiger partial charge is 0.335 e. The fourth-order valence-electron chi connectivity index (χ4n) is 3.24. The lowest BCUT2D eigenvalue weighted by Gasteiger charge is -2.28. The van der Waals surface area contributed by atoms with E-state index in [0.29, 0.717) is 11.4 Å². The highest BCUT2D eigenvalue weighted by Gasteiger charge is 2.40.